The first-order valence-corrected chi connectivity index (χ1v) is 9.95. The van der Waals surface area contributed by atoms with E-state index in [2.05, 4.69) is 56.0 Å². The molecular formula is C21H29N5O. The number of para-hydroxylation sites is 1. The van der Waals surface area contributed by atoms with E-state index >= 15 is 0 Å². The number of benzene rings is 1. The minimum Gasteiger partial charge on any atom is -0.371 e. The van der Waals surface area contributed by atoms with Gasteiger partial charge in [-0.25, -0.2) is 10.9 Å². The molecule has 6 heteroatoms. The maximum Gasteiger partial charge on any atom is 0.238 e. The molecule has 2 unspecified atom stereocenters. The minimum atomic E-state index is -0.180. The average Bonchev–Trinajstić information content (AvgIpc) is 3.34. The van der Waals surface area contributed by atoms with E-state index in [-0.39, 0.29) is 18.0 Å². The fraction of sp³-hybridized carbons (Fsp3) is 0.476. The molecular weight excluding hydrogens is 338 g/mol. The number of nitrogens with one attached hydrogen (secondary N) is 3. The highest BCUT2D eigenvalue weighted by Crippen LogP contribution is 2.26. The van der Waals surface area contributed by atoms with Crippen LogP contribution >= 0.6 is 0 Å². The van der Waals surface area contributed by atoms with Gasteiger partial charge < -0.3 is 14.8 Å². The predicted octanol–water partition coefficient (Wildman–Crippen LogP) is 1.89. The van der Waals surface area contributed by atoms with Crippen molar-refractivity contribution in [3.63, 3.8) is 0 Å². The second kappa shape index (κ2) is 8.15. The van der Waals surface area contributed by atoms with Crippen LogP contribution in [0.2, 0.25) is 0 Å². The Labute approximate surface area is 160 Å². The lowest BCUT2D eigenvalue weighted by molar-refractivity contribution is -0.122. The van der Waals surface area contributed by atoms with Crippen LogP contribution in [-0.4, -0.2) is 36.2 Å². The summed E-state index contributed by atoms with van der Waals surface area (Å²) in [5, 5.41) is 3.09. The summed E-state index contributed by atoms with van der Waals surface area (Å²) in [7, 11) is 2.03. The molecule has 0 radical (unpaired) electrons. The quantitative estimate of drug-likeness (QED) is 0.683. The number of aryl methyl sites for hydroxylation is 2. The van der Waals surface area contributed by atoms with Gasteiger partial charge in [0, 0.05) is 44.3 Å². The molecule has 0 saturated carbocycles. The maximum absolute atomic E-state index is 12.5. The van der Waals surface area contributed by atoms with Crippen LogP contribution in [0.4, 0.5) is 5.69 Å². The molecule has 1 fully saturated rings. The van der Waals surface area contributed by atoms with Crippen molar-refractivity contribution in [3.8, 4) is 0 Å². The standard InChI is InChI=1S/C21H29N5O/c1-25-12-5-10-20(25)17-15-18(24-23-17)21(27)22-11-6-14-26-13-4-8-16-7-2-3-9-19(16)26/h2-3,5,7,9-10,12,17-18,23-24H,4,6,8,11,13-15H2,1H3,(H,22,27). The average molecular weight is 367 g/mol. The van der Waals surface area contributed by atoms with Crippen molar-refractivity contribution in [1.29, 1.82) is 0 Å². The highest BCUT2D eigenvalue weighted by Gasteiger charge is 2.30. The third kappa shape index (κ3) is 4.01. The molecule has 2 aliphatic rings. The van der Waals surface area contributed by atoms with E-state index in [0.29, 0.717) is 6.54 Å². The summed E-state index contributed by atoms with van der Waals surface area (Å²) < 4.78 is 2.09. The number of rotatable bonds is 6. The van der Waals surface area contributed by atoms with Gasteiger partial charge in [-0.15, -0.1) is 0 Å². The number of hydrogen-bond donors (Lipinski definition) is 3. The minimum absolute atomic E-state index is 0.0817. The zero-order chi connectivity index (χ0) is 18.6. The number of carbonyl (C=O) groups excluding carboxylic acids is 1. The van der Waals surface area contributed by atoms with Crippen LogP contribution in [0.25, 0.3) is 0 Å². The second-order valence-corrected chi connectivity index (χ2v) is 7.54. The van der Waals surface area contributed by atoms with Crippen molar-refractivity contribution in [1.82, 2.24) is 20.7 Å². The number of amides is 1. The highest BCUT2D eigenvalue weighted by molar-refractivity contribution is 5.82. The number of aromatic nitrogens is 1. The maximum atomic E-state index is 12.5. The van der Waals surface area contributed by atoms with E-state index in [1.807, 2.05) is 19.3 Å². The van der Waals surface area contributed by atoms with Crippen molar-refractivity contribution in [2.24, 2.45) is 7.05 Å². The number of hydrazine groups is 1. The van der Waals surface area contributed by atoms with Crippen molar-refractivity contribution < 1.29 is 4.79 Å². The smallest absolute Gasteiger partial charge is 0.238 e. The van der Waals surface area contributed by atoms with E-state index in [4.69, 9.17) is 0 Å². The first-order valence-electron chi connectivity index (χ1n) is 9.95. The van der Waals surface area contributed by atoms with Gasteiger partial charge in [0.05, 0.1) is 6.04 Å². The molecule has 1 aromatic carbocycles. The summed E-state index contributed by atoms with van der Waals surface area (Å²) in [6.07, 6.45) is 6.14. The first kappa shape index (κ1) is 18.1. The molecule has 1 saturated heterocycles. The molecule has 3 heterocycles. The molecule has 1 amide bonds. The number of hydrogen-bond acceptors (Lipinski definition) is 4. The van der Waals surface area contributed by atoms with Crippen LogP contribution < -0.4 is 21.1 Å². The lowest BCUT2D eigenvalue weighted by Crippen LogP contribution is -2.44. The Kier molecular flexibility index (Phi) is 5.45. The third-order valence-electron chi connectivity index (χ3n) is 5.67. The molecule has 144 valence electrons. The Morgan fingerprint density at radius 3 is 2.96 bits per heavy atom. The first-order chi connectivity index (χ1) is 13.2. The van der Waals surface area contributed by atoms with Crippen molar-refractivity contribution in [2.45, 2.75) is 37.8 Å². The fourth-order valence-corrected chi connectivity index (χ4v) is 4.21. The van der Waals surface area contributed by atoms with Crippen LogP contribution in [0.15, 0.2) is 42.6 Å². The summed E-state index contributed by atoms with van der Waals surface area (Å²) in [5.74, 6) is 0.0817. The lowest BCUT2D eigenvalue weighted by atomic mass is 10.0. The van der Waals surface area contributed by atoms with Gasteiger partial charge in [-0.1, -0.05) is 18.2 Å². The number of fused-ring (bicyclic) bond motifs is 1. The Morgan fingerprint density at radius 2 is 2.11 bits per heavy atom. The number of nitrogens with zero attached hydrogens (tertiary/aromatic N) is 2. The van der Waals surface area contributed by atoms with Gasteiger partial charge in [0.2, 0.25) is 5.91 Å². The Bertz CT molecular complexity index is 786. The van der Waals surface area contributed by atoms with Gasteiger partial charge in [0.15, 0.2) is 0 Å². The van der Waals surface area contributed by atoms with Crippen LogP contribution in [0.1, 0.15) is 36.6 Å². The summed E-state index contributed by atoms with van der Waals surface area (Å²) in [6, 6.07) is 12.8. The molecule has 27 heavy (non-hydrogen) atoms. The van der Waals surface area contributed by atoms with Crippen LogP contribution in [0.3, 0.4) is 0 Å². The summed E-state index contributed by atoms with van der Waals surface area (Å²) in [6.45, 7) is 2.81. The van der Waals surface area contributed by atoms with Gasteiger partial charge >= 0.3 is 0 Å². The van der Waals surface area contributed by atoms with Gasteiger partial charge in [-0.3, -0.25) is 4.79 Å². The van der Waals surface area contributed by atoms with E-state index in [1.54, 1.807) is 0 Å². The van der Waals surface area contributed by atoms with E-state index in [9.17, 15) is 4.79 Å². The normalized spacial score (nSPS) is 21.9. The second-order valence-electron chi connectivity index (χ2n) is 7.54. The molecule has 0 bridgehead atoms. The topological polar surface area (TPSA) is 61.3 Å². The summed E-state index contributed by atoms with van der Waals surface area (Å²) in [5.41, 5.74) is 10.4. The van der Waals surface area contributed by atoms with Crippen molar-refractivity contribution in [3.05, 3.63) is 53.9 Å². The SMILES string of the molecule is Cn1cccc1C1CC(C(=O)NCCCN2CCCc3ccccc32)NN1. The summed E-state index contributed by atoms with van der Waals surface area (Å²) in [4.78, 5) is 14.9. The van der Waals surface area contributed by atoms with Crippen LogP contribution in [0, 0.1) is 0 Å². The molecule has 1 aromatic heterocycles. The number of anilines is 1. The fourth-order valence-electron chi connectivity index (χ4n) is 4.21. The predicted molar refractivity (Wildman–Crippen MR) is 107 cm³/mol. The van der Waals surface area contributed by atoms with E-state index in [1.165, 1.54) is 29.8 Å². The Morgan fingerprint density at radius 1 is 1.22 bits per heavy atom. The largest absolute Gasteiger partial charge is 0.371 e. The van der Waals surface area contributed by atoms with Gasteiger partial charge in [-0.2, -0.15) is 0 Å². The summed E-state index contributed by atoms with van der Waals surface area (Å²) >= 11 is 0. The van der Waals surface area contributed by atoms with Crippen LogP contribution in [0.5, 0.6) is 0 Å². The Hall–Kier alpha value is -2.31. The third-order valence-corrected chi connectivity index (χ3v) is 5.67. The van der Waals surface area contributed by atoms with Crippen LogP contribution in [-0.2, 0) is 18.3 Å². The highest BCUT2D eigenvalue weighted by atomic mass is 16.2. The molecule has 2 aromatic rings. The molecule has 6 nitrogen and oxygen atoms in total. The monoisotopic (exact) mass is 367 g/mol. The molecule has 3 N–H and O–H groups in total. The van der Waals surface area contributed by atoms with Gasteiger partial charge in [-0.05, 0) is 49.4 Å². The zero-order valence-corrected chi connectivity index (χ0v) is 15.9. The van der Waals surface area contributed by atoms with Crippen molar-refractivity contribution in [2.75, 3.05) is 24.5 Å². The van der Waals surface area contributed by atoms with Gasteiger partial charge in [0.1, 0.15) is 6.04 Å². The molecule has 0 spiro atoms. The lowest BCUT2D eigenvalue weighted by Gasteiger charge is -2.31. The van der Waals surface area contributed by atoms with E-state index < -0.39 is 0 Å². The Balaban J connectivity index is 1.21. The molecule has 2 aliphatic heterocycles. The molecule has 4 rings (SSSR count). The van der Waals surface area contributed by atoms with Crippen molar-refractivity contribution >= 4 is 11.6 Å². The molecule has 2 atom stereocenters. The number of carbonyl (C=O) groups is 1. The van der Waals surface area contributed by atoms with Gasteiger partial charge in [0.25, 0.3) is 0 Å². The van der Waals surface area contributed by atoms with E-state index in [0.717, 1.165) is 25.9 Å². The zero-order valence-electron chi connectivity index (χ0n) is 15.9. The molecule has 0 aliphatic carbocycles.